The molecule has 1 heterocycles. The second-order valence-electron chi connectivity index (χ2n) is 4.84. The van der Waals surface area contributed by atoms with E-state index in [9.17, 15) is 14.4 Å². The first-order valence-electron chi connectivity index (χ1n) is 6.27. The van der Waals surface area contributed by atoms with Crippen molar-refractivity contribution >= 4 is 34.9 Å². The van der Waals surface area contributed by atoms with Crippen LogP contribution in [0.3, 0.4) is 0 Å². The Morgan fingerprint density at radius 2 is 2.00 bits per heavy atom. The molecule has 0 unspecified atom stereocenters. The third kappa shape index (κ3) is 2.67. The van der Waals surface area contributed by atoms with Crippen LogP contribution in [0.5, 0.6) is 0 Å². The van der Waals surface area contributed by atoms with E-state index < -0.39 is 11.7 Å². The van der Waals surface area contributed by atoms with Gasteiger partial charge in [0.2, 0.25) is 5.91 Å². The Morgan fingerprint density at radius 3 is 2.65 bits per heavy atom. The summed E-state index contributed by atoms with van der Waals surface area (Å²) in [6.07, 6.45) is 0.836. The highest BCUT2D eigenvalue weighted by atomic mass is 35.5. The minimum absolute atomic E-state index is 0.00529. The third-order valence-electron chi connectivity index (χ3n) is 3.21. The van der Waals surface area contributed by atoms with Crippen molar-refractivity contribution in [1.29, 1.82) is 0 Å². The smallest absolute Gasteiger partial charge is 0.299 e. The first kappa shape index (κ1) is 14.5. The zero-order valence-electron chi connectivity index (χ0n) is 11.4. The fourth-order valence-electron chi connectivity index (χ4n) is 2.10. The van der Waals surface area contributed by atoms with Gasteiger partial charge in [-0.25, -0.2) is 0 Å². The van der Waals surface area contributed by atoms with Crippen molar-refractivity contribution in [2.24, 2.45) is 0 Å². The van der Waals surface area contributed by atoms with Gasteiger partial charge in [-0.1, -0.05) is 11.6 Å². The number of ketones is 1. The Bertz CT molecular complexity index is 584. The van der Waals surface area contributed by atoms with Gasteiger partial charge >= 0.3 is 0 Å². The van der Waals surface area contributed by atoms with Gasteiger partial charge in [0.1, 0.15) is 0 Å². The quantitative estimate of drug-likeness (QED) is 0.795. The first-order valence-corrected chi connectivity index (χ1v) is 6.65. The highest BCUT2D eigenvalue weighted by Gasteiger charge is 2.35. The maximum Gasteiger partial charge on any atom is 0.299 e. The lowest BCUT2D eigenvalue weighted by Gasteiger charge is -2.17. The Kier molecular flexibility index (Phi) is 4.09. The van der Waals surface area contributed by atoms with E-state index in [1.165, 1.54) is 9.80 Å². The number of hydrogen-bond donors (Lipinski definition) is 0. The molecule has 6 heteroatoms. The summed E-state index contributed by atoms with van der Waals surface area (Å²) in [7, 11) is 3.36. The van der Waals surface area contributed by atoms with Gasteiger partial charge in [0.15, 0.2) is 0 Å². The standard InChI is InChI=1S/C14H15ClN2O3/c1-16(2)12(18)4-3-7-17-11-8-9(15)5-6-10(11)13(19)14(17)20/h5-6,8H,3-4,7H2,1-2H3. The molecule has 106 valence electrons. The number of rotatable bonds is 4. The number of hydrogen-bond acceptors (Lipinski definition) is 3. The van der Waals surface area contributed by atoms with Gasteiger partial charge in [-0.3, -0.25) is 14.4 Å². The number of fused-ring (bicyclic) bond motifs is 1. The summed E-state index contributed by atoms with van der Waals surface area (Å²) < 4.78 is 0. The van der Waals surface area contributed by atoms with Crippen LogP contribution in [-0.4, -0.2) is 43.1 Å². The summed E-state index contributed by atoms with van der Waals surface area (Å²) in [5.41, 5.74) is 0.906. The molecule has 1 aromatic carbocycles. The predicted molar refractivity (Wildman–Crippen MR) is 76.1 cm³/mol. The molecule has 0 aliphatic carbocycles. The lowest BCUT2D eigenvalue weighted by atomic mass is 10.1. The van der Waals surface area contributed by atoms with E-state index >= 15 is 0 Å². The molecule has 20 heavy (non-hydrogen) atoms. The van der Waals surface area contributed by atoms with Crippen LogP contribution in [0.4, 0.5) is 5.69 Å². The number of carbonyl (C=O) groups is 3. The van der Waals surface area contributed by atoms with Crippen molar-refractivity contribution in [3.8, 4) is 0 Å². The average Bonchev–Trinajstić information content (AvgIpc) is 2.63. The minimum atomic E-state index is -0.556. The molecule has 0 N–H and O–H groups in total. The molecule has 2 rings (SSSR count). The van der Waals surface area contributed by atoms with Crippen molar-refractivity contribution < 1.29 is 14.4 Å². The second kappa shape index (κ2) is 5.63. The molecule has 0 aromatic heterocycles. The summed E-state index contributed by atoms with van der Waals surface area (Å²) in [6, 6.07) is 4.75. The zero-order valence-corrected chi connectivity index (χ0v) is 12.1. The van der Waals surface area contributed by atoms with Gasteiger partial charge in [0, 0.05) is 32.1 Å². The van der Waals surface area contributed by atoms with Crippen molar-refractivity contribution in [2.45, 2.75) is 12.8 Å². The molecule has 0 saturated carbocycles. The van der Waals surface area contributed by atoms with Crippen molar-refractivity contribution in [2.75, 3.05) is 25.5 Å². The van der Waals surface area contributed by atoms with Crippen LogP contribution >= 0.6 is 11.6 Å². The molecular weight excluding hydrogens is 280 g/mol. The van der Waals surface area contributed by atoms with Crippen LogP contribution in [0.15, 0.2) is 18.2 Å². The number of nitrogens with zero attached hydrogens (tertiary/aromatic N) is 2. The summed E-state index contributed by atoms with van der Waals surface area (Å²) in [4.78, 5) is 38.1. The number of Topliss-reactive ketones (excluding diaryl/α,β-unsaturated/α-hetero) is 1. The Hall–Kier alpha value is -1.88. The Morgan fingerprint density at radius 1 is 1.30 bits per heavy atom. The summed E-state index contributed by atoms with van der Waals surface area (Å²) >= 11 is 5.90. The SMILES string of the molecule is CN(C)C(=O)CCCN1C(=O)C(=O)c2ccc(Cl)cc21. The lowest BCUT2D eigenvalue weighted by molar-refractivity contribution is -0.128. The molecule has 2 amide bonds. The van der Waals surface area contributed by atoms with E-state index in [1.807, 2.05) is 0 Å². The van der Waals surface area contributed by atoms with Gasteiger partial charge in [0.25, 0.3) is 11.7 Å². The zero-order chi connectivity index (χ0) is 14.9. The summed E-state index contributed by atoms with van der Waals surface area (Å²) in [5, 5.41) is 0.473. The molecule has 1 aromatic rings. The highest BCUT2D eigenvalue weighted by Crippen LogP contribution is 2.31. The first-order chi connectivity index (χ1) is 9.41. The number of anilines is 1. The van der Waals surface area contributed by atoms with E-state index in [0.29, 0.717) is 35.7 Å². The predicted octanol–water partition coefficient (Wildman–Crippen LogP) is 1.74. The van der Waals surface area contributed by atoms with Crippen molar-refractivity contribution in [1.82, 2.24) is 4.90 Å². The van der Waals surface area contributed by atoms with E-state index in [-0.39, 0.29) is 5.91 Å². The average molecular weight is 295 g/mol. The number of benzene rings is 1. The Balaban J connectivity index is 2.10. The number of amides is 2. The normalized spacial score (nSPS) is 13.7. The third-order valence-corrected chi connectivity index (χ3v) is 3.44. The fourth-order valence-corrected chi connectivity index (χ4v) is 2.27. The lowest BCUT2D eigenvalue weighted by Crippen LogP contribution is -2.31. The van der Waals surface area contributed by atoms with E-state index in [2.05, 4.69) is 0 Å². The fraction of sp³-hybridized carbons (Fsp3) is 0.357. The van der Waals surface area contributed by atoms with Crippen LogP contribution in [0, 0.1) is 0 Å². The maximum atomic E-state index is 11.9. The van der Waals surface area contributed by atoms with Crippen LogP contribution in [0.2, 0.25) is 5.02 Å². The summed E-state index contributed by atoms with van der Waals surface area (Å²) in [5.74, 6) is -1.08. The highest BCUT2D eigenvalue weighted by molar-refractivity contribution is 6.52. The van der Waals surface area contributed by atoms with Crippen LogP contribution < -0.4 is 4.90 Å². The largest absolute Gasteiger partial charge is 0.349 e. The molecule has 1 aliphatic rings. The van der Waals surface area contributed by atoms with Crippen LogP contribution in [-0.2, 0) is 9.59 Å². The van der Waals surface area contributed by atoms with E-state index in [0.717, 1.165) is 0 Å². The molecule has 0 spiro atoms. The number of carbonyl (C=O) groups excluding carboxylic acids is 3. The van der Waals surface area contributed by atoms with E-state index in [1.54, 1.807) is 32.3 Å². The molecule has 0 fully saturated rings. The van der Waals surface area contributed by atoms with Gasteiger partial charge in [0.05, 0.1) is 11.3 Å². The van der Waals surface area contributed by atoms with Gasteiger partial charge in [-0.2, -0.15) is 0 Å². The molecular formula is C14H15ClN2O3. The summed E-state index contributed by atoms with van der Waals surface area (Å²) in [6.45, 7) is 0.331. The van der Waals surface area contributed by atoms with E-state index in [4.69, 9.17) is 11.6 Å². The molecule has 0 radical (unpaired) electrons. The Labute approximate surface area is 122 Å². The number of halogens is 1. The molecule has 1 aliphatic heterocycles. The molecule has 0 saturated heterocycles. The molecule has 0 atom stereocenters. The monoisotopic (exact) mass is 294 g/mol. The van der Waals surface area contributed by atoms with Crippen molar-refractivity contribution in [3.63, 3.8) is 0 Å². The second-order valence-corrected chi connectivity index (χ2v) is 5.28. The topological polar surface area (TPSA) is 57.7 Å². The maximum absolute atomic E-state index is 11.9. The van der Waals surface area contributed by atoms with Gasteiger partial charge in [-0.05, 0) is 24.6 Å². The van der Waals surface area contributed by atoms with Gasteiger partial charge in [-0.15, -0.1) is 0 Å². The molecule has 5 nitrogen and oxygen atoms in total. The van der Waals surface area contributed by atoms with Crippen LogP contribution in [0.25, 0.3) is 0 Å². The van der Waals surface area contributed by atoms with Crippen molar-refractivity contribution in [3.05, 3.63) is 28.8 Å². The molecule has 0 bridgehead atoms. The van der Waals surface area contributed by atoms with Gasteiger partial charge < -0.3 is 9.80 Å². The van der Waals surface area contributed by atoms with Crippen LogP contribution in [0.1, 0.15) is 23.2 Å². The minimum Gasteiger partial charge on any atom is -0.349 e.